The van der Waals surface area contributed by atoms with Crippen LogP contribution in [0.2, 0.25) is 0 Å². The van der Waals surface area contributed by atoms with Crippen LogP contribution in [0.4, 0.5) is 0 Å². The molecule has 0 radical (unpaired) electrons. The monoisotopic (exact) mass is 220 g/mol. The van der Waals surface area contributed by atoms with Crippen LogP contribution in [0.1, 0.15) is 31.4 Å². The fourth-order valence-electron chi connectivity index (χ4n) is 1.33. The van der Waals surface area contributed by atoms with Crippen LogP contribution in [0.15, 0.2) is 29.2 Å². The molecule has 0 amide bonds. The zero-order valence-corrected chi connectivity index (χ0v) is 9.97. The molecule has 1 aromatic carbocycles. The molecule has 0 aliphatic rings. The second kappa shape index (κ2) is 6.55. The van der Waals surface area contributed by atoms with Gasteiger partial charge in [-0.05, 0) is 37.3 Å². The highest BCUT2D eigenvalue weighted by atomic mass is 32.2. The fourth-order valence-corrected chi connectivity index (χ4v) is 1.73. The van der Waals surface area contributed by atoms with Gasteiger partial charge in [-0.2, -0.15) is 0 Å². The van der Waals surface area contributed by atoms with Crippen molar-refractivity contribution in [2.45, 2.75) is 30.8 Å². The number of hydrogen-bond acceptors (Lipinski definition) is 2. The van der Waals surface area contributed by atoms with Crippen LogP contribution in [0.25, 0.3) is 0 Å². The Labute approximate surface area is 95.9 Å². The average Bonchev–Trinajstić information content (AvgIpc) is 2.29. The van der Waals surface area contributed by atoms with E-state index in [1.54, 1.807) is 11.8 Å². The van der Waals surface area contributed by atoms with Crippen molar-refractivity contribution in [1.82, 2.24) is 0 Å². The number of hydrogen-bond donors (Lipinski definition) is 1. The van der Waals surface area contributed by atoms with Crippen LogP contribution in [0.3, 0.4) is 0 Å². The summed E-state index contributed by atoms with van der Waals surface area (Å²) in [5.74, 6) is 5.79. The van der Waals surface area contributed by atoms with Gasteiger partial charge in [-0.1, -0.05) is 12.1 Å². The van der Waals surface area contributed by atoms with Crippen LogP contribution in [0.5, 0.6) is 0 Å². The van der Waals surface area contributed by atoms with Gasteiger partial charge in [0.05, 0.1) is 6.10 Å². The van der Waals surface area contributed by atoms with E-state index in [1.165, 1.54) is 4.90 Å². The Hall–Kier alpha value is -0.910. The molecule has 0 aliphatic carbocycles. The maximum absolute atomic E-state index is 9.84. The molecule has 0 aromatic heterocycles. The second-order valence-electron chi connectivity index (χ2n) is 3.25. The Morgan fingerprint density at radius 2 is 2.00 bits per heavy atom. The Balaban J connectivity index is 2.56. The number of benzene rings is 1. The molecule has 0 bridgehead atoms. The van der Waals surface area contributed by atoms with E-state index in [2.05, 4.69) is 11.8 Å². The molecular weight excluding hydrogens is 204 g/mol. The topological polar surface area (TPSA) is 20.2 Å². The van der Waals surface area contributed by atoms with E-state index < -0.39 is 0 Å². The first-order chi connectivity index (χ1) is 7.27. The summed E-state index contributed by atoms with van der Waals surface area (Å²) >= 11 is 1.71. The largest absolute Gasteiger partial charge is 0.388 e. The lowest BCUT2D eigenvalue weighted by molar-refractivity contribution is 0.169. The van der Waals surface area contributed by atoms with Crippen LogP contribution < -0.4 is 0 Å². The van der Waals surface area contributed by atoms with Gasteiger partial charge in [0.25, 0.3) is 0 Å². The van der Waals surface area contributed by atoms with Gasteiger partial charge in [0, 0.05) is 11.3 Å². The molecule has 1 atom stereocenters. The lowest BCUT2D eigenvalue weighted by atomic mass is 10.1. The third-order valence-electron chi connectivity index (χ3n) is 2.22. The van der Waals surface area contributed by atoms with Gasteiger partial charge in [-0.3, -0.25) is 0 Å². The number of aliphatic hydroxyl groups is 1. The Morgan fingerprint density at radius 1 is 1.33 bits per heavy atom. The summed E-state index contributed by atoms with van der Waals surface area (Å²) in [6.07, 6.45) is 3.12. The summed E-state index contributed by atoms with van der Waals surface area (Å²) in [6.45, 7) is 1.82. The molecule has 1 rings (SSSR count). The molecule has 1 nitrogen and oxygen atoms in total. The number of thioether (sulfide) groups is 1. The Kier molecular flexibility index (Phi) is 5.31. The van der Waals surface area contributed by atoms with Gasteiger partial charge < -0.3 is 5.11 Å². The Morgan fingerprint density at radius 3 is 2.53 bits per heavy atom. The summed E-state index contributed by atoms with van der Waals surface area (Å²) < 4.78 is 0. The normalized spacial score (nSPS) is 11.7. The van der Waals surface area contributed by atoms with Gasteiger partial charge in [-0.15, -0.1) is 23.6 Å². The van der Waals surface area contributed by atoms with Crippen molar-refractivity contribution in [3.63, 3.8) is 0 Å². The highest BCUT2D eigenvalue weighted by Crippen LogP contribution is 2.21. The first kappa shape index (κ1) is 12.2. The van der Waals surface area contributed by atoms with E-state index in [0.29, 0.717) is 6.42 Å². The molecule has 1 aromatic rings. The zero-order valence-electron chi connectivity index (χ0n) is 9.16. The smallest absolute Gasteiger partial charge is 0.0799 e. The summed E-state index contributed by atoms with van der Waals surface area (Å²) in [4.78, 5) is 1.22. The lowest BCUT2D eigenvalue weighted by Crippen LogP contribution is -1.96. The SMILES string of the molecule is CC#CCCC(O)c1ccc(SC)cc1. The van der Waals surface area contributed by atoms with E-state index in [4.69, 9.17) is 0 Å². The van der Waals surface area contributed by atoms with Crippen molar-refractivity contribution >= 4 is 11.8 Å². The molecule has 0 saturated carbocycles. The summed E-state index contributed by atoms with van der Waals surface area (Å²) in [7, 11) is 0. The van der Waals surface area contributed by atoms with Crippen molar-refractivity contribution in [3.8, 4) is 11.8 Å². The fraction of sp³-hybridized carbons (Fsp3) is 0.385. The molecule has 0 fully saturated rings. The van der Waals surface area contributed by atoms with Crippen LogP contribution in [-0.2, 0) is 0 Å². The highest BCUT2D eigenvalue weighted by molar-refractivity contribution is 7.98. The molecule has 2 heteroatoms. The molecule has 1 unspecified atom stereocenters. The lowest BCUT2D eigenvalue weighted by Gasteiger charge is -2.09. The first-order valence-corrected chi connectivity index (χ1v) is 6.22. The summed E-state index contributed by atoms with van der Waals surface area (Å²) in [5.41, 5.74) is 0.978. The van der Waals surface area contributed by atoms with Gasteiger partial charge in [0.2, 0.25) is 0 Å². The van der Waals surface area contributed by atoms with Crippen molar-refractivity contribution in [2.24, 2.45) is 0 Å². The minimum absolute atomic E-state index is 0.387. The zero-order chi connectivity index (χ0) is 11.1. The summed E-state index contributed by atoms with van der Waals surface area (Å²) in [6, 6.07) is 8.04. The first-order valence-electron chi connectivity index (χ1n) is 4.99. The van der Waals surface area contributed by atoms with E-state index in [-0.39, 0.29) is 6.10 Å². The van der Waals surface area contributed by atoms with Crippen molar-refractivity contribution in [3.05, 3.63) is 29.8 Å². The highest BCUT2D eigenvalue weighted by Gasteiger charge is 2.05. The van der Waals surface area contributed by atoms with E-state index in [0.717, 1.165) is 12.0 Å². The molecule has 15 heavy (non-hydrogen) atoms. The average molecular weight is 220 g/mol. The second-order valence-corrected chi connectivity index (χ2v) is 4.13. The van der Waals surface area contributed by atoms with Crippen molar-refractivity contribution in [2.75, 3.05) is 6.26 Å². The van der Waals surface area contributed by atoms with Crippen LogP contribution in [-0.4, -0.2) is 11.4 Å². The van der Waals surface area contributed by atoms with Gasteiger partial charge >= 0.3 is 0 Å². The van der Waals surface area contributed by atoms with Crippen LogP contribution in [0, 0.1) is 11.8 Å². The molecular formula is C13H16OS. The maximum atomic E-state index is 9.84. The minimum Gasteiger partial charge on any atom is -0.388 e. The molecule has 0 heterocycles. The van der Waals surface area contributed by atoms with E-state index in [9.17, 15) is 5.11 Å². The van der Waals surface area contributed by atoms with E-state index in [1.807, 2.05) is 37.4 Å². The Bertz CT molecular complexity index is 345. The molecule has 1 N–H and O–H groups in total. The quantitative estimate of drug-likeness (QED) is 0.621. The number of rotatable bonds is 4. The molecule has 0 aliphatic heterocycles. The minimum atomic E-state index is -0.387. The molecule has 0 saturated heterocycles. The van der Waals surface area contributed by atoms with Gasteiger partial charge in [0.15, 0.2) is 0 Å². The number of aliphatic hydroxyl groups excluding tert-OH is 1. The van der Waals surface area contributed by atoms with Crippen molar-refractivity contribution < 1.29 is 5.11 Å². The van der Waals surface area contributed by atoms with Crippen molar-refractivity contribution in [1.29, 1.82) is 0 Å². The van der Waals surface area contributed by atoms with Gasteiger partial charge in [0.1, 0.15) is 0 Å². The van der Waals surface area contributed by atoms with E-state index >= 15 is 0 Å². The standard InChI is InChI=1S/C13H16OS/c1-3-4-5-6-13(14)11-7-9-12(15-2)10-8-11/h7-10,13-14H,5-6H2,1-2H3. The van der Waals surface area contributed by atoms with Gasteiger partial charge in [-0.25, -0.2) is 0 Å². The predicted octanol–water partition coefficient (Wildman–Crippen LogP) is 3.25. The van der Waals surface area contributed by atoms with Crippen LogP contribution >= 0.6 is 11.8 Å². The summed E-state index contributed by atoms with van der Waals surface area (Å²) in [5, 5.41) is 9.84. The maximum Gasteiger partial charge on any atom is 0.0799 e. The predicted molar refractivity (Wildman–Crippen MR) is 65.9 cm³/mol. The third kappa shape index (κ3) is 3.99. The third-order valence-corrected chi connectivity index (χ3v) is 2.96. The molecule has 0 spiro atoms. The molecule has 80 valence electrons.